The van der Waals surface area contributed by atoms with Gasteiger partial charge in [-0.3, -0.25) is 4.72 Å². The van der Waals surface area contributed by atoms with Crippen LogP contribution in [0, 0.1) is 11.6 Å². The van der Waals surface area contributed by atoms with E-state index in [1.54, 1.807) is 6.92 Å². The number of halogens is 2. The monoisotopic (exact) mass is 445 g/mol. The Hall–Kier alpha value is -2.02. The molecule has 1 saturated heterocycles. The van der Waals surface area contributed by atoms with Crippen LogP contribution in [-0.2, 0) is 16.0 Å². The first-order valence-corrected chi connectivity index (χ1v) is 11.4. The predicted octanol–water partition coefficient (Wildman–Crippen LogP) is 2.01. The van der Waals surface area contributed by atoms with E-state index in [0.717, 1.165) is 17.8 Å². The lowest BCUT2D eigenvalue weighted by Crippen LogP contribution is -2.48. The van der Waals surface area contributed by atoms with Gasteiger partial charge in [0.05, 0.1) is 6.61 Å². The highest BCUT2D eigenvalue weighted by Crippen LogP contribution is 2.26. The van der Waals surface area contributed by atoms with Gasteiger partial charge in [-0.05, 0) is 13.0 Å². The van der Waals surface area contributed by atoms with Gasteiger partial charge in [0.2, 0.25) is 5.88 Å². The maximum atomic E-state index is 13.9. The number of hydrogen-bond donors (Lipinski definition) is 2. The highest BCUT2D eigenvalue weighted by Gasteiger charge is 2.24. The Bertz CT molecular complexity index is 956. The molecule has 1 aliphatic rings. The summed E-state index contributed by atoms with van der Waals surface area (Å²) in [7, 11) is -3.79. The standard InChI is InChI=1S/C17H21F2N5O3S2/c1-2-27-15-10-14(23-29(25,26)24-8-6-20-7-9-24)21-17(22-15)28-11-12-4-3-5-13(18)16(12)19/h3-5,10,20H,2,6-9,11H2,1H3,(H,21,22,23). The first-order valence-electron chi connectivity index (χ1n) is 8.95. The number of aromatic nitrogens is 2. The summed E-state index contributed by atoms with van der Waals surface area (Å²) < 4.78 is 61.5. The van der Waals surface area contributed by atoms with Gasteiger partial charge in [0, 0.05) is 43.6 Å². The normalized spacial score (nSPS) is 15.3. The minimum absolute atomic E-state index is 0.0456. The van der Waals surface area contributed by atoms with Crippen molar-refractivity contribution in [2.45, 2.75) is 17.8 Å². The Labute approximate surface area is 172 Å². The molecule has 0 amide bonds. The Kier molecular flexibility index (Phi) is 7.22. The van der Waals surface area contributed by atoms with Gasteiger partial charge in [0.15, 0.2) is 16.8 Å². The molecule has 0 saturated carbocycles. The zero-order valence-electron chi connectivity index (χ0n) is 15.7. The third-order valence-electron chi connectivity index (χ3n) is 4.01. The fourth-order valence-corrected chi connectivity index (χ4v) is 4.61. The number of ether oxygens (including phenoxy) is 1. The second-order valence-corrected chi connectivity index (χ2v) is 8.68. The number of nitrogens with one attached hydrogen (secondary N) is 2. The van der Waals surface area contributed by atoms with Crippen molar-refractivity contribution < 1.29 is 21.9 Å². The molecule has 158 valence electrons. The summed E-state index contributed by atoms with van der Waals surface area (Å²) in [6.07, 6.45) is 0. The van der Waals surface area contributed by atoms with Gasteiger partial charge < -0.3 is 10.1 Å². The molecule has 29 heavy (non-hydrogen) atoms. The first-order chi connectivity index (χ1) is 13.9. The smallest absolute Gasteiger partial charge is 0.302 e. The van der Waals surface area contributed by atoms with Crippen molar-refractivity contribution in [3.05, 3.63) is 41.5 Å². The van der Waals surface area contributed by atoms with Crippen molar-refractivity contribution in [3.8, 4) is 5.88 Å². The van der Waals surface area contributed by atoms with Crippen LogP contribution in [-0.4, -0.2) is 55.5 Å². The lowest BCUT2D eigenvalue weighted by atomic mass is 10.2. The maximum Gasteiger partial charge on any atom is 0.302 e. The predicted molar refractivity (Wildman–Crippen MR) is 106 cm³/mol. The molecule has 0 aliphatic carbocycles. The van der Waals surface area contributed by atoms with Crippen LogP contribution in [0.15, 0.2) is 29.4 Å². The molecule has 2 aromatic rings. The molecular weight excluding hydrogens is 424 g/mol. The fraction of sp³-hybridized carbons (Fsp3) is 0.412. The summed E-state index contributed by atoms with van der Waals surface area (Å²) in [5.41, 5.74) is 0.156. The van der Waals surface area contributed by atoms with Crippen LogP contribution < -0.4 is 14.8 Å². The van der Waals surface area contributed by atoms with Crippen molar-refractivity contribution in [2.75, 3.05) is 37.5 Å². The van der Waals surface area contributed by atoms with Gasteiger partial charge >= 0.3 is 10.2 Å². The van der Waals surface area contributed by atoms with Gasteiger partial charge in [-0.25, -0.2) is 13.8 Å². The van der Waals surface area contributed by atoms with E-state index in [0.29, 0.717) is 32.8 Å². The lowest BCUT2D eigenvalue weighted by molar-refractivity contribution is 0.323. The van der Waals surface area contributed by atoms with Gasteiger partial charge in [0.1, 0.15) is 5.82 Å². The maximum absolute atomic E-state index is 13.9. The van der Waals surface area contributed by atoms with Crippen molar-refractivity contribution in [3.63, 3.8) is 0 Å². The molecule has 0 atom stereocenters. The van der Waals surface area contributed by atoms with Crippen LogP contribution in [0.25, 0.3) is 0 Å². The van der Waals surface area contributed by atoms with Crippen LogP contribution in [0.1, 0.15) is 12.5 Å². The average Bonchev–Trinajstić information content (AvgIpc) is 2.69. The van der Waals surface area contributed by atoms with Crippen molar-refractivity contribution >= 4 is 27.8 Å². The minimum Gasteiger partial charge on any atom is -0.478 e. The summed E-state index contributed by atoms with van der Waals surface area (Å²) in [5, 5.41) is 3.26. The lowest BCUT2D eigenvalue weighted by Gasteiger charge is -2.26. The molecule has 0 radical (unpaired) electrons. The fourth-order valence-electron chi connectivity index (χ4n) is 2.63. The summed E-state index contributed by atoms with van der Waals surface area (Å²) in [6.45, 7) is 3.91. The zero-order valence-corrected chi connectivity index (χ0v) is 17.3. The van der Waals surface area contributed by atoms with Crippen molar-refractivity contribution in [1.29, 1.82) is 0 Å². The quantitative estimate of drug-likeness (QED) is 0.474. The summed E-state index contributed by atoms with van der Waals surface area (Å²) in [6, 6.07) is 5.30. The molecule has 1 fully saturated rings. The zero-order chi connectivity index (χ0) is 20.9. The molecular formula is C17H21F2N5O3S2. The third-order valence-corrected chi connectivity index (χ3v) is 6.42. The minimum atomic E-state index is -3.79. The van der Waals surface area contributed by atoms with E-state index in [1.165, 1.54) is 22.5 Å². The number of hydrogen-bond acceptors (Lipinski definition) is 7. The second-order valence-electron chi connectivity index (χ2n) is 6.06. The second kappa shape index (κ2) is 9.65. The van der Waals surface area contributed by atoms with E-state index < -0.39 is 21.8 Å². The Morgan fingerprint density at radius 1 is 1.28 bits per heavy atom. The summed E-state index contributed by atoms with van der Waals surface area (Å²) in [5.74, 6) is -1.56. The molecule has 3 rings (SSSR count). The largest absolute Gasteiger partial charge is 0.478 e. The molecule has 2 heterocycles. The highest BCUT2D eigenvalue weighted by atomic mass is 32.2. The molecule has 0 unspecified atom stereocenters. The van der Waals surface area contributed by atoms with Gasteiger partial charge in [0.25, 0.3) is 0 Å². The van der Waals surface area contributed by atoms with Gasteiger partial charge in [-0.1, -0.05) is 23.9 Å². The van der Waals surface area contributed by atoms with E-state index in [2.05, 4.69) is 20.0 Å². The molecule has 8 nitrogen and oxygen atoms in total. The van der Waals surface area contributed by atoms with E-state index in [1.807, 2.05) is 0 Å². The summed E-state index contributed by atoms with van der Waals surface area (Å²) in [4.78, 5) is 8.37. The van der Waals surface area contributed by atoms with Gasteiger partial charge in [-0.15, -0.1) is 0 Å². The van der Waals surface area contributed by atoms with E-state index >= 15 is 0 Å². The average molecular weight is 446 g/mol. The number of benzene rings is 1. The van der Waals surface area contributed by atoms with E-state index in [9.17, 15) is 17.2 Å². The number of piperazine rings is 1. The van der Waals surface area contributed by atoms with E-state index in [-0.39, 0.29) is 28.2 Å². The number of rotatable bonds is 8. The van der Waals surface area contributed by atoms with Crippen LogP contribution in [0.2, 0.25) is 0 Å². The highest BCUT2D eigenvalue weighted by molar-refractivity contribution is 7.98. The van der Waals surface area contributed by atoms with Crippen molar-refractivity contribution in [2.24, 2.45) is 0 Å². The van der Waals surface area contributed by atoms with Crippen molar-refractivity contribution in [1.82, 2.24) is 19.6 Å². The van der Waals surface area contributed by atoms with Crippen LogP contribution in [0.3, 0.4) is 0 Å². The number of thioether (sulfide) groups is 1. The van der Waals surface area contributed by atoms with Crippen LogP contribution >= 0.6 is 11.8 Å². The molecule has 12 heteroatoms. The molecule has 1 aromatic carbocycles. The SMILES string of the molecule is CCOc1cc(NS(=O)(=O)N2CCNCC2)nc(SCc2cccc(F)c2F)n1. The Morgan fingerprint density at radius 3 is 2.76 bits per heavy atom. The number of nitrogens with zero attached hydrogens (tertiary/aromatic N) is 3. The first kappa shape index (κ1) is 21.7. The molecule has 0 spiro atoms. The molecule has 1 aliphatic heterocycles. The molecule has 2 N–H and O–H groups in total. The summed E-state index contributed by atoms with van der Waals surface area (Å²) >= 11 is 1.04. The number of anilines is 1. The Morgan fingerprint density at radius 2 is 2.03 bits per heavy atom. The van der Waals surface area contributed by atoms with Crippen LogP contribution in [0.4, 0.5) is 14.6 Å². The third kappa shape index (κ3) is 5.75. The van der Waals surface area contributed by atoms with Crippen LogP contribution in [0.5, 0.6) is 5.88 Å². The molecule has 1 aromatic heterocycles. The van der Waals surface area contributed by atoms with Gasteiger partial charge in [-0.2, -0.15) is 17.7 Å². The topological polar surface area (TPSA) is 96.5 Å². The Balaban J connectivity index is 1.79. The molecule has 0 bridgehead atoms. The van der Waals surface area contributed by atoms with E-state index in [4.69, 9.17) is 4.74 Å².